The number of hydrogen-bond acceptors (Lipinski definition) is 5. The molecule has 0 spiro atoms. The largest absolute Gasteiger partial charge is 0.457 e. The molecule has 1 aliphatic heterocycles. The van der Waals surface area contributed by atoms with E-state index in [1.54, 1.807) is 59.5 Å². The fourth-order valence-electron chi connectivity index (χ4n) is 3.53. The number of carbonyl (C=O) groups excluding carboxylic acids is 2. The minimum Gasteiger partial charge on any atom is -0.457 e. The normalized spacial score (nSPS) is 13.8. The van der Waals surface area contributed by atoms with E-state index < -0.39 is 10.8 Å². The first kappa shape index (κ1) is 21.0. The third-order valence-corrected chi connectivity index (χ3v) is 5.16. The van der Waals surface area contributed by atoms with E-state index in [1.165, 1.54) is 18.2 Å². The summed E-state index contributed by atoms with van der Waals surface area (Å²) in [5.41, 5.74) is 1.04. The Morgan fingerprint density at radius 3 is 2.47 bits per heavy atom. The molecule has 32 heavy (non-hydrogen) atoms. The number of amides is 2. The van der Waals surface area contributed by atoms with Gasteiger partial charge in [-0.1, -0.05) is 30.3 Å². The molecule has 1 fully saturated rings. The Bertz CT molecular complexity index is 1180. The van der Waals surface area contributed by atoms with Crippen LogP contribution in [0.3, 0.4) is 0 Å². The van der Waals surface area contributed by atoms with Gasteiger partial charge in [-0.25, -0.2) is 0 Å². The molecule has 0 bridgehead atoms. The van der Waals surface area contributed by atoms with Gasteiger partial charge in [0.25, 0.3) is 17.5 Å². The zero-order chi connectivity index (χ0) is 22.5. The summed E-state index contributed by atoms with van der Waals surface area (Å²) in [5.74, 6) is 0.0969. The predicted octanol–water partition coefficient (Wildman–Crippen LogP) is 4.25. The maximum atomic E-state index is 13.0. The van der Waals surface area contributed by atoms with E-state index in [9.17, 15) is 19.7 Å². The minimum absolute atomic E-state index is 0.0454. The number of benzene rings is 2. The van der Waals surface area contributed by atoms with Gasteiger partial charge in [0.2, 0.25) is 0 Å². The van der Waals surface area contributed by atoms with Gasteiger partial charge in [0, 0.05) is 42.4 Å². The lowest BCUT2D eigenvalue weighted by molar-refractivity contribution is -0.384. The van der Waals surface area contributed by atoms with Crippen molar-refractivity contribution in [3.63, 3.8) is 0 Å². The zero-order valence-electron chi connectivity index (χ0n) is 17.2. The number of nitro benzene ring substituents is 1. The molecule has 2 aromatic carbocycles. The van der Waals surface area contributed by atoms with Gasteiger partial charge < -0.3 is 14.6 Å². The number of nitrogens with zero attached hydrogens (tertiary/aromatic N) is 2. The van der Waals surface area contributed by atoms with E-state index in [4.69, 9.17) is 4.42 Å². The molecule has 0 saturated carbocycles. The third-order valence-electron chi connectivity index (χ3n) is 5.16. The number of nitro groups is 1. The smallest absolute Gasteiger partial charge is 0.270 e. The van der Waals surface area contributed by atoms with Crippen LogP contribution in [0.1, 0.15) is 29.0 Å². The molecular weight excluding hydrogens is 410 g/mol. The standard InChI is InChI=1S/C24H21N3O5/c28-23(17-7-2-1-3-8-17)25-21(24(29)26-13-4-5-14-26)16-20-11-12-22(32-20)18-9-6-10-19(15-18)27(30)31/h1-3,6-12,15-16H,4-5,13-14H2,(H,25,28)/b21-16-. The number of hydrogen-bond donors (Lipinski definition) is 1. The predicted molar refractivity (Wildman–Crippen MR) is 118 cm³/mol. The van der Waals surface area contributed by atoms with Gasteiger partial charge >= 0.3 is 0 Å². The summed E-state index contributed by atoms with van der Waals surface area (Å²) in [6, 6.07) is 18.1. The Hall–Kier alpha value is -4.20. The second kappa shape index (κ2) is 9.30. The van der Waals surface area contributed by atoms with Gasteiger partial charge in [0.05, 0.1) is 4.92 Å². The molecule has 0 radical (unpaired) electrons. The van der Waals surface area contributed by atoms with Crippen molar-refractivity contribution in [2.24, 2.45) is 0 Å². The van der Waals surface area contributed by atoms with Gasteiger partial charge in [-0.05, 0) is 37.1 Å². The first-order valence-electron chi connectivity index (χ1n) is 10.2. The lowest BCUT2D eigenvalue weighted by Gasteiger charge is -2.18. The first-order chi connectivity index (χ1) is 15.5. The Balaban J connectivity index is 1.63. The molecule has 4 rings (SSSR count). The molecule has 1 aromatic heterocycles. The molecule has 0 unspecified atom stereocenters. The van der Waals surface area contributed by atoms with Crippen molar-refractivity contribution >= 4 is 23.6 Å². The second-order valence-corrected chi connectivity index (χ2v) is 7.39. The second-order valence-electron chi connectivity index (χ2n) is 7.39. The lowest BCUT2D eigenvalue weighted by Crippen LogP contribution is -2.36. The fourth-order valence-corrected chi connectivity index (χ4v) is 3.53. The van der Waals surface area contributed by atoms with Crippen LogP contribution in [0.5, 0.6) is 0 Å². The minimum atomic E-state index is -0.473. The molecule has 8 nitrogen and oxygen atoms in total. The van der Waals surface area contributed by atoms with Crippen LogP contribution in [0.15, 0.2) is 76.8 Å². The molecular formula is C24H21N3O5. The van der Waals surface area contributed by atoms with Crippen molar-refractivity contribution in [2.75, 3.05) is 13.1 Å². The van der Waals surface area contributed by atoms with E-state index in [-0.39, 0.29) is 17.3 Å². The number of furan rings is 1. The summed E-state index contributed by atoms with van der Waals surface area (Å²) in [5, 5.41) is 13.8. The molecule has 1 aliphatic rings. The van der Waals surface area contributed by atoms with Gasteiger partial charge in [-0.2, -0.15) is 0 Å². The Kier molecular flexibility index (Phi) is 6.12. The highest BCUT2D eigenvalue weighted by Gasteiger charge is 2.24. The number of likely N-dealkylation sites (tertiary alicyclic amines) is 1. The average molecular weight is 431 g/mol. The summed E-state index contributed by atoms with van der Waals surface area (Å²) in [4.78, 5) is 38.0. The van der Waals surface area contributed by atoms with Crippen LogP contribution in [-0.4, -0.2) is 34.7 Å². The van der Waals surface area contributed by atoms with Gasteiger partial charge in [-0.3, -0.25) is 19.7 Å². The fraction of sp³-hybridized carbons (Fsp3) is 0.167. The maximum absolute atomic E-state index is 13.0. The molecule has 2 amide bonds. The number of non-ortho nitro benzene ring substituents is 1. The van der Waals surface area contributed by atoms with Gasteiger partial charge in [0.1, 0.15) is 17.2 Å². The van der Waals surface area contributed by atoms with E-state index in [0.29, 0.717) is 35.7 Å². The topological polar surface area (TPSA) is 106 Å². The molecule has 8 heteroatoms. The van der Waals surface area contributed by atoms with Crippen LogP contribution in [0.2, 0.25) is 0 Å². The van der Waals surface area contributed by atoms with E-state index in [0.717, 1.165) is 12.8 Å². The average Bonchev–Trinajstić information content (AvgIpc) is 3.51. The Labute approximate surface area is 184 Å². The number of carbonyl (C=O) groups is 2. The third kappa shape index (κ3) is 4.75. The monoisotopic (exact) mass is 431 g/mol. The van der Waals surface area contributed by atoms with E-state index in [2.05, 4.69) is 5.32 Å². The van der Waals surface area contributed by atoms with Crippen LogP contribution >= 0.6 is 0 Å². The maximum Gasteiger partial charge on any atom is 0.270 e. The Morgan fingerprint density at radius 2 is 1.75 bits per heavy atom. The SMILES string of the molecule is O=C(N/C(=C\c1ccc(-c2cccc([N+](=O)[O-])c2)o1)C(=O)N1CCCC1)c1ccccc1. The molecule has 1 N–H and O–H groups in total. The van der Waals surface area contributed by atoms with Crippen molar-refractivity contribution in [3.8, 4) is 11.3 Å². The van der Waals surface area contributed by atoms with Crippen LogP contribution < -0.4 is 5.32 Å². The first-order valence-corrected chi connectivity index (χ1v) is 10.2. The summed E-state index contributed by atoms with van der Waals surface area (Å²) >= 11 is 0. The van der Waals surface area contributed by atoms with Crippen molar-refractivity contribution in [1.29, 1.82) is 0 Å². The van der Waals surface area contributed by atoms with Crippen molar-refractivity contribution < 1.29 is 18.9 Å². The van der Waals surface area contributed by atoms with Crippen LogP contribution in [0.4, 0.5) is 5.69 Å². The Morgan fingerprint density at radius 1 is 1.00 bits per heavy atom. The van der Waals surface area contributed by atoms with Crippen LogP contribution in [0.25, 0.3) is 17.4 Å². The van der Waals surface area contributed by atoms with Crippen LogP contribution in [-0.2, 0) is 4.79 Å². The molecule has 2 heterocycles. The van der Waals surface area contributed by atoms with Gasteiger partial charge in [-0.15, -0.1) is 0 Å². The summed E-state index contributed by atoms with van der Waals surface area (Å²) in [6.45, 7) is 1.27. The van der Waals surface area contributed by atoms with E-state index in [1.807, 2.05) is 0 Å². The molecule has 1 saturated heterocycles. The molecule has 162 valence electrons. The quantitative estimate of drug-likeness (QED) is 0.357. The van der Waals surface area contributed by atoms with E-state index >= 15 is 0 Å². The lowest BCUT2D eigenvalue weighted by atomic mass is 10.1. The highest BCUT2D eigenvalue weighted by molar-refractivity contribution is 6.05. The highest BCUT2D eigenvalue weighted by Crippen LogP contribution is 2.26. The van der Waals surface area contributed by atoms with Gasteiger partial charge in [0.15, 0.2) is 0 Å². The van der Waals surface area contributed by atoms with Crippen molar-refractivity contribution in [1.82, 2.24) is 10.2 Å². The highest BCUT2D eigenvalue weighted by atomic mass is 16.6. The molecule has 0 aliphatic carbocycles. The number of nitrogens with one attached hydrogen (secondary N) is 1. The number of rotatable bonds is 6. The molecule has 0 atom stereocenters. The van der Waals surface area contributed by atoms with Crippen LogP contribution in [0, 0.1) is 10.1 Å². The summed E-state index contributed by atoms with van der Waals surface area (Å²) in [6.07, 6.45) is 3.33. The van der Waals surface area contributed by atoms with Crippen molar-refractivity contribution in [3.05, 3.63) is 93.9 Å². The van der Waals surface area contributed by atoms with Crippen molar-refractivity contribution in [2.45, 2.75) is 12.8 Å². The summed E-state index contributed by atoms with van der Waals surface area (Å²) in [7, 11) is 0. The molecule has 3 aromatic rings. The zero-order valence-corrected chi connectivity index (χ0v) is 17.2. The summed E-state index contributed by atoms with van der Waals surface area (Å²) < 4.78 is 5.81.